The lowest BCUT2D eigenvalue weighted by atomic mass is 10.2. The molecule has 0 amide bonds. The van der Waals surface area contributed by atoms with E-state index in [2.05, 4.69) is 24.8 Å². The number of benzene rings is 1. The lowest BCUT2D eigenvalue weighted by Gasteiger charge is -2.26. The Balaban J connectivity index is 2.84. The number of carbonyl (C=O) groups excluding carboxylic acids is 1. The lowest BCUT2D eigenvalue weighted by molar-refractivity contribution is -0.140. The molecule has 0 unspecified atom stereocenters. The Morgan fingerprint density at radius 3 is 2.63 bits per heavy atom. The number of esters is 1. The van der Waals surface area contributed by atoms with Crippen LogP contribution in [0.1, 0.15) is 25.8 Å². The van der Waals surface area contributed by atoms with Crippen molar-refractivity contribution in [1.82, 2.24) is 0 Å². The predicted octanol–water partition coefficient (Wildman–Crippen LogP) is 2.78. The van der Waals surface area contributed by atoms with Crippen molar-refractivity contribution in [1.29, 1.82) is 0 Å². The molecule has 4 nitrogen and oxygen atoms in total. The molecule has 1 rings (SSSR count). The Morgan fingerprint density at radius 2 is 2.05 bits per heavy atom. The second-order valence-electron chi connectivity index (χ2n) is 4.50. The molecule has 0 aromatic heterocycles. The zero-order valence-electron chi connectivity index (χ0n) is 12.2. The number of hydrogen-bond acceptors (Lipinski definition) is 4. The van der Waals surface area contributed by atoms with Gasteiger partial charge in [-0.3, -0.25) is 4.79 Å². The molecular formula is C15H23NO3. The summed E-state index contributed by atoms with van der Waals surface area (Å²) in [6, 6.07) is 6.10. The molecule has 0 N–H and O–H groups in total. The topological polar surface area (TPSA) is 38.8 Å². The van der Waals surface area contributed by atoms with E-state index >= 15 is 0 Å². The molecule has 0 aliphatic carbocycles. The van der Waals surface area contributed by atoms with E-state index in [9.17, 15) is 4.79 Å². The second-order valence-corrected chi connectivity index (χ2v) is 4.50. The average Bonchev–Trinajstić information content (AvgIpc) is 2.37. The number of nitrogens with zero attached hydrogens (tertiary/aromatic N) is 1. The molecule has 0 radical (unpaired) electrons. The monoisotopic (exact) mass is 265 g/mol. The van der Waals surface area contributed by atoms with Gasteiger partial charge in [-0.2, -0.15) is 0 Å². The molecule has 1 aromatic rings. The zero-order chi connectivity index (χ0) is 14.3. The van der Waals surface area contributed by atoms with Gasteiger partial charge in [0.1, 0.15) is 12.4 Å². The fraction of sp³-hybridized carbons (Fsp3) is 0.533. The van der Waals surface area contributed by atoms with Gasteiger partial charge < -0.3 is 14.4 Å². The highest BCUT2D eigenvalue weighted by molar-refractivity contribution is 5.66. The van der Waals surface area contributed by atoms with Crippen LogP contribution in [-0.2, 0) is 9.53 Å². The van der Waals surface area contributed by atoms with Crippen LogP contribution >= 0.6 is 0 Å². The first-order valence-corrected chi connectivity index (χ1v) is 6.61. The van der Waals surface area contributed by atoms with Gasteiger partial charge in [0.2, 0.25) is 0 Å². The van der Waals surface area contributed by atoms with Crippen LogP contribution in [0.25, 0.3) is 0 Å². The summed E-state index contributed by atoms with van der Waals surface area (Å²) in [7, 11) is 1.67. The standard InChI is InChI=1S/C15H23NO3/c1-5-8-16(9-10-19-13(3)17)14-11-12(2)6-7-15(14)18-4/h6-7,11H,5,8-10H2,1-4H3. The van der Waals surface area contributed by atoms with Gasteiger partial charge in [0.05, 0.1) is 19.3 Å². The summed E-state index contributed by atoms with van der Waals surface area (Å²) in [4.78, 5) is 13.0. The molecule has 0 aliphatic heterocycles. The molecule has 19 heavy (non-hydrogen) atoms. The van der Waals surface area contributed by atoms with Gasteiger partial charge in [-0.05, 0) is 31.0 Å². The van der Waals surface area contributed by atoms with E-state index in [1.807, 2.05) is 12.1 Å². The van der Waals surface area contributed by atoms with Crippen LogP contribution < -0.4 is 9.64 Å². The van der Waals surface area contributed by atoms with Crippen molar-refractivity contribution in [2.45, 2.75) is 27.2 Å². The number of methoxy groups -OCH3 is 1. The third-order valence-corrected chi connectivity index (χ3v) is 2.84. The van der Waals surface area contributed by atoms with Gasteiger partial charge in [0, 0.05) is 13.5 Å². The molecule has 4 heteroatoms. The molecular weight excluding hydrogens is 242 g/mol. The first kappa shape index (κ1) is 15.3. The predicted molar refractivity (Wildman–Crippen MR) is 76.9 cm³/mol. The molecule has 0 atom stereocenters. The quantitative estimate of drug-likeness (QED) is 0.711. The van der Waals surface area contributed by atoms with Crippen LogP contribution in [0.3, 0.4) is 0 Å². The molecule has 1 aromatic carbocycles. The minimum atomic E-state index is -0.243. The summed E-state index contributed by atoms with van der Waals surface area (Å²) in [5.41, 5.74) is 2.24. The second kappa shape index (κ2) is 7.67. The van der Waals surface area contributed by atoms with Crippen molar-refractivity contribution in [2.24, 2.45) is 0 Å². The van der Waals surface area contributed by atoms with E-state index in [1.165, 1.54) is 12.5 Å². The summed E-state index contributed by atoms with van der Waals surface area (Å²) in [6.45, 7) is 7.58. The minimum absolute atomic E-state index is 0.243. The van der Waals surface area contributed by atoms with Crippen LogP contribution in [0.2, 0.25) is 0 Å². The SMILES string of the molecule is CCCN(CCOC(C)=O)c1cc(C)ccc1OC. The van der Waals surface area contributed by atoms with E-state index in [4.69, 9.17) is 9.47 Å². The van der Waals surface area contributed by atoms with Crippen LogP contribution in [-0.4, -0.2) is 32.8 Å². The highest BCUT2D eigenvalue weighted by atomic mass is 16.5. The number of aryl methyl sites for hydroxylation is 1. The van der Waals surface area contributed by atoms with Crippen LogP contribution in [0.5, 0.6) is 5.75 Å². The number of hydrogen-bond donors (Lipinski definition) is 0. The minimum Gasteiger partial charge on any atom is -0.495 e. The normalized spacial score (nSPS) is 10.1. The van der Waals surface area contributed by atoms with Gasteiger partial charge in [0.15, 0.2) is 0 Å². The van der Waals surface area contributed by atoms with Crippen molar-refractivity contribution in [3.05, 3.63) is 23.8 Å². The number of rotatable bonds is 7. The van der Waals surface area contributed by atoms with E-state index in [0.29, 0.717) is 13.2 Å². The summed E-state index contributed by atoms with van der Waals surface area (Å²) in [5.74, 6) is 0.606. The number of carbonyl (C=O) groups is 1. The highest BCUT2D eigenvalue weighted by Crippen LogP contribution is 2.29. The van der Waals surface area contributed by atoms with Crippen molar-refractivity contribution in [3.8, 4) is 5.75 Å². The van der Waals surface area contributed by atoms with Crippen molar-refractivity contribution in [3.63, 3.8) is 0 Å². The Hall–Kier alpha value is -1.71. The van der Waals surface area contributed by atoms with Crippen LogP contribution in [0.15, 0.2) is 18.2 Å². The summed E-state index contributed by atoms with van der Waals surface area (Å²) in [5, 5.41) is 0. The van der Waals surface area contributed by atoms with Gasteiger partial charge in [-0.25, -0.2) is 0 Å². The van der Waals surface area contributed by atoms with Crippen molar-refractivity contribution >= 4 is 11.7 Å². The third-order valence-electron chi connectivity index (χ3n) is 2.84. The number of anilines is 1. The maximum Gasteiger partial charge on any atom is 0.302 e. The molecule has 0 saturated heterocycles. The largest absolute Gasteiger partial charge is 0.495 e. The summed E-state index contributed by atoms with van der Waals surface area (Å²) < 4.78 is 10.4. The van der Waals surface area contributed by atoms with E-state index in [-0.39, 0.29) is 5.97 Å². The van der Waals surface area contributed by atoms with Gasteiger partial charge in [0.25, 0.3) is 0 Å². The van der Waals surface area contributed by atoms with Crippen molar-refractivity contribution in [2.75, 3.05) is 31.7 Å². The maximum atomic E-state index is 10.8. The van der Waals surface area contributed by atoms with Gasteiger partial charge in [-0.15, -0.1) is 0 Å². The van der Waals surface area contributed by atoms with Gasteiger partial charge >= 0.3 is 5.97 Å². The zero-order valence-corrected chi connectivity index (χ0v) is 12.2. The fourth-order valence-corrected chi connectivity index (χ4v) is 1.97. The van der Waals surface area contributed by atoms with E-state index in [0.717, 1.165) is 24.4 Å². The van der Waals surface area contributed by atoms with Crippen LogP contribution in [0.4, 0.5) is 5.69 Å². The first-order valence-electron chi connectivity index (χ1n) is 6.61. The van der Waals surface area contributed by atoms with E-state index in [1.54, 1.807) is 7.11 Å². The molecule has 0 spiro atoms. The van der Waals surface area contributed by atoms with Crippen LogP contribution in [0, 0.1) is 6.92 Å². The third kappa shape index (κ3) is 4.81. The fourth-order valence-electron chi connectivity index (χ4n) is 1.97. The van der Waals surface area contributed by atoms with Gasteiger partial charge in [-0.1, -0.05) is 13.0 Å². The molecule has 0 bridgehead atoms. The molecule has 0 heterocycles. The lowest BCUT2D eigenvalue weighted by Crippen LogP contribution is -2.29. The molecule has 0 aliphatic rings. The van der Waals surface area contributed by atoms with E-state index < -0.39 is 0 Å². The number of ether oxygens (including phenoxy) is 2. The Morgan fingerprint density at radius 1 is 1.32 bits per heavy atom. The first-order chi connectivity index (χ1) is 9.08. The summed E-state index contributed by atoms with van der Waals surface area (Å²) >= 11 is 0. The Kier molecular flexibility index (Phi) is 6.19. The Bertz CT molecular complexity index is 418. The average molecular weight is 265 g/mol. The summed E-state index contributed by atoms with van der Waals surface area (Å²) in [6.07, 6.45) is 1.02. The Labute approximate surface area is 115 Å². The molecule has 106 valence electrons. The maximum absolute atomic E-state index is 10.8. The smallest absolute Gasteiger partial charge is 0.302 e. The molecule has 0 saturated carbocycles. The molecule has 0 fully saturated rings. The highest BCUT2D eigenvalue weighted by Gasteiger charge is 2.12. The van der Waals surface area contributed by atoms with Crippen molar-refractivity contribution < 1.29 is 14.3 Å².